The fourth-order valence-corrected chi connectivity index (χ4v) is 4.41. The summed E-state index contributed by atoms with van der Waals surface area (Å²) in [7, 11) is 0. The van der Waals surface area contributed by atoms with Gasteiger partial charge in [-0.25, -0.2) is 0 Å². The molecule has 1 aliphatic carbocycles. The first-order chi connectivity index (χ1) is 6.69. The zero-order valence-electron chi connectivity index (χ0n) is 8.89. The number of hydrogen-bond acceptors (Lipinski definition) is 2. The minimum atomic E-state index is 0.521. The van der Waals surface area contributed by atoms with E-state index in [1.165, 1.54) is 30.7 Å². The van der Waals surface area contributed by atoms with Gasteiger partial charge in [-0.3, -0.25) is 0 Å². The average Bonchev–Trinajstić information content (AvgIpc) is 2.57. The Bertz CT molecular complexity index is 368. The number of rotatable bonds is 0. The fourth-order valence-electron chi connectivity index (χ4n) is 3.14. The lowest BCUT2D eigenvalue weighted by molar-refractivity contribution is 0.178. The Morgan fingerprint density at radius 2 is 2.43 bits per heavy atom. The lowest BCUT2D eigenvalue weighted by Crippen LogP contribution is -2.39. The van der Waals surface area contributed by atoms with Crippen molar-refractivity contribution in [2.24, 2.45) is 5.41 Å². The van der Waals surface area contributed by atoms with E-state index >= 15 is 0 Å². The molecule has 1 aliphatic heterocycles. The summed E-state index contributed by atoms with van der Waals surface area (Å²) >= 11 is 2.00. The van der Waals surface area contributed by atoms with Crippen LogP contribution in [0.15, 0.2) is 6.07 Å². The second-order valence-corrected chi connectivity index (χ2v) is 6.40. The maximum Gasteiger partial charge on any atom is 0.0389 e. The van der Waals surface area contributed by atoms with Gasteiger partial charge in [-0.1, -0.05) is 6.92 Å². The molecule has 2 heteroatoms. The van der Waals surface area contributed by atoms with E-state index in [2.05, 4.69) is 25.2 Å². The third-order valence-electron chi connectivity index (χ3n) is 3.81. The first-order valence-electron chi connectivity index (χ1n) is 5.52. The summed E-state index contributed by atoms with van der Waals surface area (Å²) in [4.78, 5) is 3.12. The second kappa shape index (κ2) is 2.83. The van der Waals surface area contributed by atoms with E-state index in [1.807, 2.05) is 11.3 Å². The van der Waals surface area contributed by atoms with Crippen molar-refractivity contribution < 1.29 is 0 Å². The molecule has 0 radical (unpaired) electrons. The molecule has 1 aromatic heterocycles. The van der Waals surface area contributed by atoms with Crippen molar-refractivity contribution in [3.8, 4) is 0 Å². The summed E-state index contributed by atoms with van der Waals surface area (Å²) < 4.78 is 0. The van der Waals surface area contributed by atoms with E-state index < -0.39 is 0 Å². The van der Waals surface area contributed by atoms with E-state index in [-0.39, 0.29) is 0 Å². The van der Waals surface area contributed by atoms with Crippen LogP contribution in [-0.4, -0.2) is 6.54 Å². The van der Waals surface area contributed by atoms with Crippen LogP contribution in [0.25, 0.3) is 0 Å². The van der Waals surface area contributed by atoms with E-state index in [0.29, 0.717) is 11.5 Å². The fraction of sp³-hybridized carbons (Fsp3) is 0.667. The van der Waals surface area contributed by atoms with Crippen LogP contribution in [0.4, 0.5) is 0 Å². The van der Waals surface area contributed by atoms with Gasteiger partial charge in [0.05, 0.1) is 0 Å². The van der Waals surface area contributed by atoms with Crippen LogP contribution in [-0.2, 0) is 6.42 Å². The summed E-state index contributed by atoms with van der Waals surface area (Å²) in [6, 6.07) is 3.05. The topological polar surface area (TPSA) is 12.0 Å². The molecule has 0 amide bonds. The molecule has 0 unspecified atom stereocenters. The van der Waals surface area contributed by atoms with E-state index in [4.69, 9.17) is 0 Å². The van der Waals surface area contributed by atoms with Crippen LogP contribution in [0, 0.1) is 12.3 Å². The highest BCUT2D eigenvalue weighted by atomic mass is 32.1. The minimum absolute atomic E-state index is 0.521. The van der Waals surface area contributed by atoms with Gasteiger partial charge in [0.15, 0.2) is 0 Å². The Hall–Kier alpha value is -0.340. The van der Waals surface area contributed by atoms with Gasteiger partial charge >= 0.3 is 0 Å². The third-order valence-corrected chi connectivity index (χ3v) is 4.88. The summed E-state index contributed by atoms with van der Waals surface area (Å²) in [5.41, 5.74) is 2.13. The number of aryl methyl sites for hydroxylation is 1. The molecule has 1 fully saturated rings. The minimum Gasteiger partial charge on any atom is -0.309 e. The van der Waals surface area contributed by atoms with Crippen molar-refractivity contribution in [3.05, 3.63) is 21.4 Å². The molecule has 0 saturated carbocycles. The van der Waals surface area contributed by atoms with Crippen LogP contribution >= 0.6 is 11.3 Å². The SMILES string of the molecule is Cc1cc2c(s1)C[C@@]1(C)CCCN[C@@H]21. The molecular formula is C12H17NS. The normalized spacial score (nSPS) is 35.4. The van der Waals surface area contributed by atoms with Crippen molar-refractivity contribution in [3.63, 3.8) is 0 Å². The van der Waals surface area contributed by atoms with Gasteiger partial charge in [0.2, 0.25) is 0 Å². The average molecular weight is 207 g/mol. The molecule has 3 rings (SSSR count). The molecule has 1 N–H and O–H groups in total. The molecule has 0 bridgehead atoms. The molecular weight excluding hydrogens is 190 g/mol. The predicted molar refractivity (Wildman–Crippen MR) is 60.8 cm³/mol. The van der Waals surface area contributed by atoms with Gasteiger partial charge < -0.3 is 5.32 Å². The molecule has 0 aromatic carbocycles. The maximum absolute atomic E-state index is 3.70. The third kappa shape index (κ3) is 1.10. The quantitative estimate of drug-likeness (QED) is 0.689. The number of piperidine rings is 1. The first-order valence-corrected chi connectivity index (χ1v) is 6.33. The van der Waals surface area contributed by atoms with Crippen molar-refractivity contribution in [2.45, 2.75) is 39.2 Å². The molecule has 0 spiro atoms. The lowest BCUT2D eigenvalue weighted by atomic mass is 9.76. The van der Waals surface area contributed by atoms with Crippen LogP contribution in [0.5, 0.6) is 0 Å². The van der Waals surface area contributed by atoms with Crippen molar-refractivity contribution in [2.75, 3.05) is 6.54 Å². The number of hydrogen-bond donors (Lipinski definition) is 1. The zero-order valence-corrected chi connectivity index (χ0v) is 9.71. The highest BCUT2D eigenvalue weighted by Gasteiger charge is 2.44. The largest absolute Gasteiger partial charge is 0.309 e. The highest BCUT2D eigenvalue weighted by molar-refractivity contribution is 7.12. The van der Waals surface area contributed by atoms with Gasteiger partial charge in [0.1, 0.15) is 0 Å². The lowest BCUT2D eigenvalue weighted by Gasteiger charge is -2.37. The molecule has 2 atom stereocenters. The van der Waals surface area contributed by atoms with Crippen molar-refractivity contribution in [1.29, 1.82) is 0 Å². The van der Waals surface area contributed by atoms with E-state index in [1.54, 1.807) is 10.4 Å². The van der Waals surface area contributed by atoms with Gasteiger partial charge in [0.25, 0.3) is 0 Å². The molecule has 14 heavy (non-hydrogen) atoms. The highest BCUT2D eigenvalue weighted by Crippen LogP contribution is 2.52. The molecule has 1 aromatic rings. The zero-order chi connectivity index (χ0) is 9.76. The van der Waals surface area contributed by atoms with Gasteiger partial charge in [-0.15, -0.1) is 11.3 Å². The standard InChI is InChI=1S/C12H17NS/c1-8-6-9-10(14-8)7-12(2)4-3-5-13-11(9)12/h6,11,13H,3-5,7H2,1-2H3/t11-,12+/m0/s1. The summed E-state index contributed by atoms with van der Waals surface area (Å²) in [6.07, 6.45) is 4.05. The Labute approximate surface area is 89.5 Å². The Balaban J connectivity index is 2.04. The van der Waals surface area contributed by atoms with E-state index in [0.717, 1.165) is 0 Å². The smallest absolute Gasteiger partial charge is 0.0389 e. The Morgan fingerprint density at radius 1 is 1.57 bits per heavy atom. The van der Waals surface area contributed by atoms with Crippen LogP contribution in [0.2, 0.25) is 0 Å². The molecule has 1 nitrogen and oxygen atoms in total. The molecule has 2 heterocycles. The van der Waals surface area contributed by atoms with Crippen molar-refractivity contribution >= 4 is 11.3 Å². The van der Waals surface area contributed by atoms with Crippen LogP contribution in [0.1, 0.15) is 41.1 Å². The van der Waals surface area contributed by atoms with Crippen LogP contribution in [0.3, 0.4) is 0 Å². The van der Waals surface area contributed by atoms with Gasteiger partial charge in [-0.2, -0.15) is 0 Å². The number of thiophene rings is 1. The molecule has 76 valence electrons. The molecule has 2 aliphatic rings. The Kier molecular flexibility index (Phi) is 1.80. The van der Waals surface area contributed by atoms with Crippen LogP contribution < -0.4 is 5.32 Å². The monoisotopic (exact) mass is 207 g/mol. The Morgan fingerprint density at radius 3 is 3.29 bits per heavy atom. The van der Waals surface area contributed by atoms with Gasteiger partial charge in [-0.05, 0) is 49.8 Å². The van der Waals surface area contributed by atoms with Gasteiger partial charge in [0, 0.05) is 15.8 Å². The first kappa shape index (κ1) is 8.93. The summed E-state index contributed by atoms with van der Waals surface area (Å²) in [5, 5.41) is 3.70. The number of fused-ring (bicyclic) bond motifs is 3. The second-order valence-electron chi connectivity index (χ2n) is 5.06. The van der Waals surface area contributed by atoms with E-state index in [9.17, 15) is 0 Å². The predicted octanol–water partition coefficient (Wildman–Crippen LogP) is 3.04. The summed E-state index contributed by atoms with van der Waals surface area (Å²) in [6.45, 7) is 5.88. The van der Waals surface area contributed by atoms with Crippen molar-refractivity contribution in [1.82, 2.24) is 5.32 Å². The molecule has 1 saturated heterocycles. The maximum atomic E-state index is 3.70. The summed E-state index contributed by atoms with van der Waals surface area (Å²) in [5.74, 6) is 0. The number of nitrogens with one attached hydrogen (secondary N) is 1.